The Bertz CT molecular complexity index is 1560. The molecule has 11 N–H and O–H groups in total. The van der Waals surface area contributed by atoms with Crippen LogP contribution in [-0.4, -0.2) is 168 Å². The summed E-state index contributed by atoms with van der Waals surface area (Å²) in [5.74, 6) is -2.64. The number of phenolic OH excluding ortho intramolecular Hbond substituents is 4. The Labute approximate surface area is 302 Å². The van der Waals surface area contributed by atoms with Crippen molar-refractivity contribution in [1.82, 2.24) is 0 Å². The first kappa shape index (κ1) is 40.5. The summed E-state index contributed by atoms with van der Waals surface area (Å²) in [4.78, 5) is 13.2. The number of hydrogen-bond donors (Lipinski definition) is 11. The van der Waals surface area contributed by atoms with Crippen LogP contribution in [0.2, 0.25) is 0 Å². The lowest BCUT2D eigenvalue weighted by atomic mass is 9.96. The Morgan fingerprint density at radius 3 is 2.09 bits per heavy atom. The van der Waals surface area contributed by atoms with E-state index in [1.165, 1.54) is 49.4 Å². The Morgan fingerprint density at radius 1 is 0.755 bits per heavy atom. The van der Waals surface area contributed by atoms with Gasteiger partial charge >= 0.3 is 5.97 Å². The number of aliphatic hydroxyl groups is 7. The quantitative estimate of drug-likeness (QED) is 0.0603. The third kappa shape index (κ3) is 9.53. The first-order chi connectivity index (χ1) is 25.2. The summed E-state index contributed by atoms with van der Waals surface area (Å²) in [6.07, 6.45) is -20.4. The number of esters is 1. The van der Waals surface area contributed by atoms with Gasteiger partial charge in [0.05, 0.1) is 25.9 Å². The summed E-state index contributed by atoms with van der Waals surface area (Å²) in [5.41, 5.74) is 0.800. The molecule has 19 nitrogen and oxygen atoms in total. The maximum atomic E-state index is 13.2. The summed E-state index contributed by atoms with van der Waals surface area (Å²) in [6.45, 7) is -0.101. The number of phenols is 4. The van der Waals surface area contributed by atoms with E-state index < -0.39 is 117 Å². The molecular weight excluding hydrogens is 712 g/mol. The van der Waals surface area contributed by atoms with Crippen LogP contribution in [0.4, 0.5) is 0 Å². The first-order valence-electron chi connectivity index (χ1n) is 16.6. The molecule has 3 aliphatic rings. The second-order valence-corrected chi connectivity index (χ2v) is 12.8. The van der Waals surface area contributed by atoms with Gasteiger partial charge in [-0.1, -0.05) is 12.1 Å². The third-order valence-electron chi connectivity index (χ3n) is 8.99. The zero-order valence-corrected chi connectivity index (χ0v) is 28.2. The molecule has 0 radical (unpaired) electrons. The summed E-state index contributed by atoms with van der Waals surface area (Å²) in [7, 11) is 0. The molecule has 2 aromatic carbocycles. The molecule has 3 fully saturated rings. The van der Waals surface area contributed by atoms with Crippen molar-refractivity contribution in [3.05, 3.63) is 53.6 Å². The lowest BCUT2D eigenvalue weighted by Crippen LogP contribution is -2.67. The zero-order chi connectivity index (χ0) is 38.6. The molecule has 0 bridgehead atoms. The highest BCUT2D eigenvalue weighted by molar-refractivity contribution is 5.87. The third-order valence-corrected chi connectivity index (χ3v) is 8.99. The van der Waals surface area contributed by atoms with Gasteiger partial charge in [0.25, 0.3) is 0 Å². The molecule has 53 heavy (non-hydrogen) atoms. The predicted molar refractivity (Wildman–Crippen MR) is 174 cm³/mol. The second kappa shape index (κ2) is 17.6. The van der Waals surface area contributed by atoms with E-state index in [1.54, 1.807) is 0 Å². The SMILES string of the molecule is CC1OC(OC2C(OC(=O)C=Cc3ccc(O)c(O)c3)C(CO)OC(OCCc3ccc(O)c(O)c3)C2OC2OCC(O)C(O)C2O)C(O)C(O)C1O. The average Bonchev–Trinajstić information content (AvgIpc) is 3.13. The highest BCUT2D eigenvalue weighted by Crippen LogP contribution is 2.35. The average molecular weight is 757 g/mol. The van der Waals surface area contributed by atoms with Crippen molar-refractivity contribution in [3.63, 3.8) is 0 Å². The molecule has 2 aromatic rings. The predicted octanol–water partition coefficient (Wildman–Crippen LogP) is -2.55. The van der Waals surface area contributed by atoms with E-state index in [9.17, 15) is 61.0 Å². The maximum absolute atomic E-state index is 13.2. The van der Waals surface area contributed by atoms with Gasteiger partial charge in [-0.3, -0.25) is 0 Å². The largest absolute Gasteiger partial charge is 0.504 e. The summed E-state index contributed by atoms with van der Waals surface area (Å²) < 4.78 is 40.9. The number of aromatic hydroxyl groups is 4. The number of carbonyl (C=O) groups excluding carboxylic acids is 1. The Balaban J connectivity index is 1.48. The minimum atomic E-state index is -1.88. The highest BCUT2D eigenvalue weighted by Gasteiger charge is 2.55. The molecule has 5 rings (SSSR count). The molecule has 0 aliphatic carbocycles. The van der Waals surface area contributed by atoms with Crippen LogP contribution >= 0.6 is 0 Å². The van der Waals surface area contributed by atoms with Gasteiger partial charge in [0.1, 0.15) is 54.9 Å². The van der Waals surface area contributed by atoms with Gasteiger partial charge in [-0.2, -0.15) is 0 Å². The second-order valence-electron chi connectivity index (χ2n) is 12.8. The van der Waals surface area contributed by atoms with Gasteiger partial charge in [0.2, 0.25) is 0 Å². The first-order valence-corrected chi connectivity index (χ1v) is 16.6. The van der Waals surface area contributed by atoms with Crippen LogP contribution in [0.25, 0.3) is 6.08 Å². The van der Waals surface area contributed by atoms with E-state index in [1.807, 2.05) is 0 Å². The smallest absolute Gasteiger partial charge is 0.331 e. The van der Waals surface area contributed by atoms with Crippen LogP contribution in [0.15, 0.2) is 42.5 Å². The van der Waals surface area contributed by atoms with Crippen LogP contribution in [-0.2, 0) is 44.4 Å². The van der Waals surface area contributed by atoms with Crippen LogP contribution in [0, 0.1) is 0 Å². The molecule has 3 aliphatic heterocycles. The van der Waals surface area contributed by atoms with Gasteiger partial charge in [0, 0.05) is 6.08 Å². The Hall–Kier alpha value is -3.67. The molecule has 3 saturated heterocycles. The van der Waals surface area contributed by atoms with Gasteiger partial charge < -0.3 is 89.3 Å². The van der Waals surface area contributed by atoms with Crippen molar-refractivity contribution in [1.29, 1.82) is 0 Å². The summed E-state index contributed by atoms with van der Waals surface area (Å²) >= 11 is 0. The van der Waals surface area contributed by atoms with E-state index >= 15 is 0 Å². The van der Waals surface area contributed by atoms with Crippen LogP contribution in [0.3, 0.4) is 0 Å². The number of ether oxygens (including phenoxy) is 7. The lowest BCUT2D eigenvalue weighted by Gasteiger charge is -2.49. The molecular formula is C34H44O19. The van der Waals surface area contributed by atoms with Crippen LogP contribution in [0.1, 0.15) is 18.1 Å². The minimum Gasteiger partial charge on any atom is -0.504 e. The molecule has 14 atom stereocenters. The molecule has 0 aromatic heterocycles. The molecule has 19 heteroatoms. The molecule has 14 unspecified atom stereocenters. The number of benzene rings is 2. The number of rotatable bonds is 12. The molecule has 0 spiro atoms. The van der Waals surface area contributed by atoms with Crippen molar-refractivity contribution in [2.45, 2.75) is 99.4 Å². The zero-order valence-electron chi connectivity index (χ0n) is 28.2. The van der Waals surface area contributed by atoms with Crippen molar-refractivity contribution in [3.8, 4) is 23.0 Å². The van der Waals surface area contributed by atoms with Gasteiger partial charge in [-0.15, -0.1) is 0 Å². The minimum absolute atomic E-state index is 0.116. The van der Waals surface area contributed by atoms with E-state index in [-0.39, 0.29) is 30.1 Å². The monoisotopic (exact) mass is 756 g/mol. The van der Waals surface area contributed by atoms with Crippen LogP contribution < -0.4 is 0 Å². The topological polar surface area (TPSA) is 304 Å². The van der Waals surface area contributed by atoms with Crippen molar-refractivity contribution in [2.24, 2.45) is 0 Å². The van der Waals surface area contributed by atoms with Gasteiger partial charge in [-0.05, 0) is 54.8 Å². The van der Waals surface area contributed by atoms with Gasteiger partial charge in [-0.25, -0.2) is 4.79 Å². The fraction of sp³-hybridized carbons (Fsp3) is 0.559. The molecule has 0 saturated carbocycles. The number of hydrogen-bond acceptors (Lipinski definition) is 19. The molecule has 0 amide bonds. The van der Waals surface area contributed by atoms with E-state index in [0.29, 0.717) is 5.56 Å². The van der Waals surface area contributed by atoms with Crippen molar-refractivity contribution < 1.29 is 94.1 Å². The normalized spacial score (nSPS) is 36.4. The van der Waals surface area contributed by atoms with Crippen molar-refractivity contribution >= 4 is 12.0 Å². The maximum Gasteiger partial charge on any atom is 0.331 e. The van der Waals surface area contributed by atoms with Gasteiger partial charge in [0.15, 0.2) is 48.0 Å². The van der Waals surface area contributed by atoms with E-state index in [2.05, 4.69) is 0 Å². The van der Waals surface area contributed by atoms with E-state index in [4.69, 9.17) is 33.2 Å². The summed E-state index contributed by atoms with van der Waals surface area (Å²) in [6, 6.07) is 7.81. The Morgan fingerprint density at radius 2 is 1.42 bits per heavy atom. The highest BCUT2D eigenvalue weighted by atomic mass is 16.8. The van der Waals surface area contributed by atoms with E-state index in [0.717, 1.165) is 6.08 Å². The molecule has 294 valence electrons. The Kier molecular flexibility index (Phi) is 13.5. The van der Waals surface area contributed by atoms with Crippen molar-refractivity contribution in [2.75, 3.05) is 19.8 Å². The standard InChI is InChI=1S/C34H44O19/c1-14-24(42)26(44)28(46)33(49-14)52-30-29(51-23(41)7-4-15-2-5-17(36)19(38)10-15)22(12-35)50-34(47-9-8-16-3-6-18(37)20(39)11-16)31(30)53-32-27(45)25(43)21(40)13-48-32/h2-7,10-11,14,21-22,24-40,42-46H,8-9,12-13H2,1H3. The fourth-order valence-electron chi connectivity index (χ4n) is 5.93. The summed E-state index contributed by atoms with van der Waals surface area (Å²) in [5, 5.41) is 112. The molecule has 3 heterocycles. The van der Waals surface area contributed by atoms with Crippen LogP contribution in [0.5, 0.6) is 23.0 Å². The lowest BCUT2D eigenvalue weighted by molar-refractivity contribution is -0.385. The number of carbonyl (C=O) groups is 1. The number of aliphatic hydroxyl groups excluding tert-OH is 7. The fourth-order valence-corrected chi connectivity index (χ4v) is 5.93.